The Morgan fingerprint density at radius 1 is 1.64 bits per heavy atom. The maximum absolute atomic E-state index is 9.66. The highest BCUT2D eigenvalue weighted by molar-refractivity contribution is 7.16. The molecule has 0 aromatic carbocycles. The molecule has 1 aromatic rings. The smallest absolute Gasteiger partial charge is 0.417 e. The van der Waals surface area contributed by atoms with Gasteiger partial charge in [-0.05, 0) is 6.07 Å². The Kier molecular flexibility index (Phi) is 3.17. The molecule has 5 heteroatoms. The van der Waals surface area contributed by atoms with Crippen LogP contribution in [-0.2, 0) is 16.1 Å². The molecule has 1 aromatic heterocycles. The van der Waals surface area contributed by atoms with E-state index in [1.54, 1.807) is 6.07 Å². The molecule has 1 heterocycles. The summed E-state index contributed by atoms with van der Waals surface area (Å²) in [5, 5.41) is 0.487. The van der Waals surface area contributed by atoms with Gasteiger partial charge in [0.15, 0.2) is 0 Å². The van der Waals surface area contributed by atoms with Crippen LogP contribution < -0.4 is 0 Å². The van der Waals surface area contributed by atoms with E-state index in [0.717, 1.165) is 4.88 Å². The number of carbonyl (C=O) groups excluding carboxylic acids is 1. The van der Waals surface area contributed by atoms with Crippen molar-refractivity contribution in [2.24, 2.45) is 0 Å². The first kappa shape index (κ1) is 8.84. The van der Waals surface area contributed by atoms with Crippen LogP contribution >= 0.6 is 34.5 Å². The van der Waals surface area contributed by atoms with Crippen LogP contribution in [0.4, 0.5) is 0 Å². The van der Waals surface area contributed by atoms with Crippen molar-refractivity contribution < 1.29 is 9.53 Å². The molecule has 0 unspecified atom stereocenters. The molecule has 0 aliphatic rings. The van der Waals surface area contributed by atoms with Crippen LogP contribution in [0.5, 0.6) is 0 Å². The first-order valence-corrected chi connectivity index (χ1v) is 4.24. The molecule has 0 saturated heterocycles. The predicted octanol–water partition coefficient (Wildman–Crippen LogP) is 2.64. The second kappa shape index (κ2) is 3.95. The summed E-state index contributed by atoms with van der Waals surface area (Å²) in [7, 11) is 0. The first-order valence-electron chi connectivity index (χ1n) is 2.66. The van der Waals surface area contributed by atoms with Crippen molar-refractivity contribution in [1.82, 2.24) is 0 Å². The number of hydrogen-bond acceptors (Lipinski definition) is 3. The molecule has 0 aliphatic carbocycles. The first-order chi connectivity index (χ1) is 5.24. The van der Waals surface area contributed by atoms with Crippen LogP contribution in [0.3, 0.4) is 0 Å². The minimum Gasteiger partial charge on any atom is -0.452 e. The van der Waals surface area contributed by atoms with E-state index < -0.39 is 0 Å². The van der Waals surface area contributed by atoms with Crippen LogP contribution in [-0.4, -0.2) is 6.47 Å². The number of ether oxygens (including phenoxy) is 1. The highest BCUT2D eigenvalue weighted by atomic mass is 35.5. The standard InChI is InChI=1S/C6H3Cl2O2S/c7-5-1-4(2-10-3-9)11-6(5)8/h1H,2H2. The number of hydrogen-bond donors (Lipinski definition) is 0. The molecule has 59 valence electrons. The van der Waals surface area contributed by atoms with Crippen molar-refractivity contribution in [3.05, 3.63) is 20.3 Å². The lowest BCUT2D eigenvalue weighted by Crippen LogP contribution is -1.84. The molecule has 2 nitrogen and oxygen atoms in total. The van der Waals surface area contributed by atoms with E-state index in [1.807, 2.05) is 0 Å². The Labute approximate surface area is 77.7 Å². The van der Waals surface area contributed by atoms with Gasteiger partial charge in [0.05, 0.1) is 5.02 Å². The molecule has 0 bridgehead atoms. The van der Waals surface area contributed by atoms with Gasteiger partial charge in [0.25, 0.3) is 0 Å². The third-order valence-corrected chi connectivity index (χ3v) is 2.81. The molecule has 0 aliphatic heterocycles. The van der Waals surface area contributed by atoms with Crippen molar-refractivity contribution in [2.75, 3.05) is 0 Å². The third-order valence-electron chi connectivity index (χ3n) is 0.970. The Morgan fingerprint density at radius 3 is 2.82 bits per heavy atom. The van der Waals surface area contributed by atoms with Gasteiger partial charge in [-0.1, -0.05) is 23.2 Å². The normalized spacial score (nSPS) is 9.64. The summed E-state index contributed by atoms with van der Waals surface area (Å²) in [4.78, 5) is 10.5. The fraction of sp³-hybridized carbons (Fsp3) is 0.167. The van der Waals surface area contributed by atoms with E-state index in [2.05, 4.69) is 4.74 Å². The molecule has 11 heavy (non-hydrogen) atoms. The van der Waals surface area contributed by atoms with Gasteiger partial charge < -0.3 is 4.74 Å². The molecule has 1 rings (SSSR count). The minimum atomic E-state index is 0.181. The SMILES string of the molecule is O=[C]OCc1cc(Cl)c(Cl)s1. The second-order valence-electron chi connectivity index (χ2n) is 1.71. The average Bonchev–Trinajstić information content (AvgIpc) is 2.28. The van der Waals surface area contributed by atoms with Gasteiger partial charge in [0.2, 0.25) is 0 Å². The van der Waals surface area contributed by atoms with E-state index in [4.69, 9.17) is 23.2 Å². The van der Waals surface area contributed by atoms with Crippen LogP contribution in [0.1, 0.15) is 4.88 Å². The predicted molar refractivity (Wildman–Crippen MR) is 44.8 cm³/mol. The van der Waals surface area contributed by atoms with Gasteiger partial charge in [0, 0.05) is 4.88 Å². The summed E-state index contributed by atoms with van der Waals surface area (Å²) in [6.07, 6.45) is 0. The summed E-state index contributed by atoms with van der Waals surface area (Å²) in [6, 6.07) is 1.66. The summed E-state index contributed by atoms with van der Waals surface area (Å²) >= 11 is 12.6. The van der Waals surface area contributed by atoms with Crippen molar-refractivity contribution >= 4 is 41.0 Å². The van der Waals surface area contributed by atoms with Crippen LogP contribution in [0, 0.1) is 0 Å². The summed E-state index contributed by atoms with van der Waals surface area (Å²) in [6.45, 7) is 1.50. The summed E-state index contributed by atoms with van der Waals surface area (Å²) < 4.78 is 4.89. The topological polar surface area (TPSA) is 26.3 Å². The van der Waals surface area contributed by atoms with E-state index in [1.165, 1.54) is 17.8 Å². The zero-order valence-electron chi connectivity index (χ0n) is 5.27. The Hall–Kier alpha value is -0.250. The Bertz CT molecular complexity index is 240. The Balaban J connectivity index is 2.64. The lowest BCUT2D eigenvalue weighted by atomic mass is 10.5. The zero-order valence-corrected chi connectivity index (χ0v) is 7.59. The molecule has 0 fully saturated rings. The van der Waals surface area contributed by atoms with Gasteiger partial charge in [-0.3, -0.25) is 0 Å². The lowest BCUT2D eigenvalue weighted by Gasteiger charge is -1.89. The summed E-state index contributed by atoms with van der Waals surface area (Å²) in [5.41, 5.74) is 0. The van der Waals surface area contributed by atoms with Crippen molar-refractivity contribution in [3.8, 4) is 0 Å². The highest BCUT2D eigenvalue weighted by Crippen LogP contribution is 2.31. The van der Waals surface area contributed by atoms with E-state index in [0.29, 0.717) is 9.36 Å². The van der Waals surface area contributed by atoms with Gasteiger partial charge in [-0.15, -0.1) is 11.3 Å². The summed E-state index contributed by atoms with van der Waals surface area (Å²) in [5.74, 6) is 0. The lowest BCUT2D eigenvalue weighted by molar-refractivity contribution is 0.270. The quantitative estimate of drug-likeness (QED) is 0.766. The van der Waals surface area contributed by atoms with Crippen molar-refractivity contribution in [1.29, 1.82) is 0 Å². The number of thiophene rings is 1. The fourth-order valence-corrected chi connectivity index (χ4v) is 1.91. The number of halogens is 2. The largest absolute Gasteiger partial charge is 0.452 e. The van der Waals surface area contributed by atoms with E-state index >= 15 is 0 Å². The molecule has 1 radical (unpaired) electrons. The average molecular weight is 210 g/mol. The zero-order chi connectivity index (χ0) is 8.27. The van der Waals surface area contributed by atoms with Gasteiger partial charge in [0.1, 0.15) is 10.9 Å². The molecular formula is C6H3Cl2O2S. The van der Waals surface area contributed by atoms with Crippen LogP contribution in [0.25, 0.3) is 0 Å². The van der Waals surface area contributed by atoms with E-state index in [-0.39, 0.29) is 6.61 Å². The fourth-order valence-electron chi connectivity index (χ4n) is 0.563. The van der Waals surface area contributed by atoms with Gasteiger partial charge >= 0.3 is 6.47 Å². The van der Waals surface area contributed by atoms with E-state index in [9.17, 15) is 4.79 Å². The maximum atomic E-state index is 9.66. The van der Waals surface area contributed by atoms with Crippen molar-refractivity contribution in [3.63, 3.8) is 0 Å². The van der Waals surface area contributed by atoms with Gasteiger partial charge in [-0.25, -0.2) is 4.79 Å². The van der Waals surface area contributed by atoms with Crippen LogP contribution in [0.15, 0.2) is 6.07 Å². The van der Waals surface area contributed by atoms with Crippen LogP contribution in [0.2, 0.25) is 9.36 Å². The minimum absolute atomic E-state index is 0.181. The molecule has 0 N–H and O–H groups in total. The molecule has 0 spiro atoms. The molecule has 0 atom stereocenters. The Morgan fingerprint density at radius 2 is 2.36 bits per heavy atom. The molecular weight excluding hydrogens is 207 g/mol. The monoisotopic (exact) mass is 209 g/mol. The molecule has 0 amide bonds. The maximum Gasteiger partial charge on any atom is 0.417 e. The van der Waals surface area contributed by atoms with Crippen molar-refractivity contribution in [2.45, 2.75) is 6.61 Å². The third kappa shape index (κ3) is 2.36. The molecule has 0 saturated carbocycles. The highest BCUT2D eigenvalue weighted by Gasteiger charge is 2.04. The number of rotatable bonds is 3. The van der Waals surface area contributed by atoms with Gasteiger partial charge in [-0.2, -0.15) is 0 Å². The second-order valence-corrected chi connectivity index (χ2v) is 3.85.